The molecule has 3 N–H and O–H groups in total. The van der Waals surface area contributed by atoms with Gasteiger partial charge in [-0.25, -0.2) is 0 Å². The summed E-state index contributed by atoms with van der Waals surface area (Å²) in [5.41, 5.74) is 2.85. The van der Waals surface area contributed by atoms with Crippen LogP contribution in [-0.4, -0.2) is 6.21 Å². The molecule has 0 radical (unpaired) electrons. The lowest BCUT2D eigenvalue weighted by molar-refractivity contribution is 1.26. The van der Waals surface area contributed by atoms with Gasteiger partial charge in [-0.3, -0.25) is 0 Å². The minimum atomic E-state index is 0.715. The van der Waals surface area contributed by atoms with E-state index in [0.29, 0.717) is 5.02 Å². The number of hydrogen-bond acceptors (Lipinski definition) is 3. The van der Waals surface area contributed by atoms with E-state index in [2.05, 4.69) is 10.4 Å². The van der Waals surface area contributed by atoms with E-state index in [0.717, 1.165) is 16.9 Å². The second-order valence-electron chi connectivity index (χ2n) is 3.50. The average molecular weight is 246 g/mol. The molecule has 2 aromatic carbocycles. The Labute approximate surface area is 105 Å². The van der Waals surface area contributed by atoms with E-state index in [1.165, 1.54) is 0 Å². The SMILES string of the molecule is NN=Cc1ccccc1Nc1ccc(Cl)cc1. The van der Waals surface area contributed by atoms with Gasteiger partial charge in [0.15, 0.2) is 0 Å². The van der Waals surface area contributed by atoms with Crippen LogP contribution in [0.25, 0.3) is 0 Å². The number of nitrogens with zero attached hydrogens (tertiary/aromatic N) is 1. The fraction of sp³-hybridized carbons (Fsp3) is 0. The Morgan fingerprint density at radius 3 is 2.47 bits per heavy atom. The summed E-state index contributed by atoms with van der Waals surface area (Å²) < 4.78 is 0. The van der Waals surface area contributed by atoms with Crippen LogP contribution in [0.1, 0.15) is 5.56 Å². The van der Waals surface area contributed by atoms with Crippen LogP contribution in [0, 0.1) is 0 Å². The molecule has 3 nitrogen and oxygen atoms in total. The maximum atomic E-state index is 5.83. The highest BCUT2D eigenvalue weighted by Gasteiger charge is 1.99. The third kappa shape index (κ3) is 2.98. The Balaban J connectivity index is 2.26. The first-order chi connectivity index (χ1) is 8.29. The van der Waals surface area contributed by atoms with Crippen molar-refractivity contribution < 1.29 is 0 Å². The van der Waals surface area contributed by atoms with E-state index in [-0.39, 0.29) is 0 Å². The number of anilines is 2. The topological polar surface area (TPSA) is 50.4 Å². The van der Waals surface area contributed by atoms with Gasteiger partial charge in [0.2, 0.25) is 0 Å². The largest absolute Gasteiger partial charge is 0.355 e. The minimum absolute atomic E-state index is 0.715. The smallest absolute Gasteiger partial charge is 0.0558 e. The van der Waals surface area contributed by atoms with E-state index in [1.54, 1.807) is 6.21 Å². The molecule has 0 aliphatic carbocycles. The molecule has 0 fully saturated rings. The molecule has 0 aliphatic rings. The van der Waals surface area contributed by atoms with Crippen LogP contribution in [0.15, 0.2) is 53.6 Å². The van der Waals surface area contributed by atoms with Crippen LogP contribution in [0.5, 0.6) is 0 Å². The summed E-state index contributed by atoms with van der Waals surface area (Å²) in [4.78, 5) is 0. The zero-order chi connectivity index (χ0) is 12.1. The van der Waals surface area contributed by atoms with E-state index in [9.17, 15) is 0 Å². The number of halogens is 1. The van der Waals surface area contributed by atoms with Crippen molar-refractivity contribution in [3.8, 4) is 0 Å². The summed E-state index contributed by atoms with van der Waals surface area (Å²) in [5.74, 6) is 5.17. The fourth-order valence-electron chi connectivity index (χ4n) is 1.49. The fourth-order valence-corrected chi connectivity index (χ4v) is 1.62. The predicted octanol–water partition coefficient (Wildman–Crippen LogP) is 3.38. The molecule has 0 atom stereocenters. The Morgan fingerprint density at radius 2 is 1.76 bits per heavy atom. The van der Waals surface area contributed by atoms with Crippen molar-refractivity contribution >= 4 is 29.2 Å². The Kier molecular flexibility index (Phi) is 3.62. The molecule has 2 rings (SSSR count). The first-order valence-corrected chi connectivity index (χ1v) is 5.52. The molecular weight excluding hydrogens is 234 g/mol. The first kappa shape index (κ1) is 11.5. The number of nitrogens with one attached hydrogen (secondary N) is 1. The van der Waals surface area contributed by atoms with E-state index in [4.69, 9.17) is 17.4 Å². The van der Waals surface area contributed by atoms with Gasteiger partial charge in [0.1, 0.15) is 0 Å². The molecular formula is C13H12ClN3. The summed E-state index contributed by atoms with van der Waals surface area (Å²) in [5, 5.41) is 7.53. The highest BCUT2D eigenvalue weighted by molar-refractivity contribution is 6.30. The molecule has 0 saturated heterocycles. The second kappa shape index (κ2) is 5.37. The highest BCUT2D eigenvalue weighted by Crippen LogP contribution is 2.21. The summed E-state index contributed by atoms with van der Waals surface area (Å²) in [6.07, 6.45) is 1.61. The number of hydrogen-bond donors (Lipinski definition) is 2. The third-order valence-corrected chi connectivity index (χ3v) is 2.55. The van der Waals surface area contributed by atoms with Crippen LogP contribution in [0.3, 0.4) is 0 Å². The first-order valence-electron chi connectivity index (χ1n) is 5.14. The number of para-hydroxylation sites is 1. The monoisotopic (exact) mass is 245 g/mol. The van der Waals surface area contributed by atoms with Gasteiger partial charge in [0, 0.05) is 22.0 Å². The van der Waals surface area contributed by atoms with Gasteiger partial charge >= 0.3 is 0 Å². The summed E-state index contributed by atoms with van der Waals surface area (Å²) in [7, 11) is 0. The van der Waals surface area contributed by atoms with Crippen LogP contribution >= 0.6 is 11.6 Å². The summed E-state index contributed by atoms with van der Waals surface area (Å²) in [6, 6.07) is 15.3. The van der Waals surface area contributed by atoms with Crippen molar-refractivity contribution in [1.29, 1.82) is 0 Å². The Hall–Kier alpha value is -2.00. The van der Waals surface area contributed by atoms with E-state index < -0.39 is 0 Å². The van der Waals surface area contributed by atoms with Crippen molar-refractivity contribution in [2.75, 3.05) is 5.32 Å². The lowest BCUT2D eigenvalue weighted by Gasteiger charge is -2.09. The zero-order valence-corrected chi connectivity index (χ0v) is 9.85. The molecule has 4 heteroatoms. The van der Waals surface area contributed by atoms with Gasteiger partial charge in [0.05, 0.1) is 6.21 Å². The standard InChI is InChI=1S/C13H12ClN3/c14-11-5-7-12(8-6-11)17-13-4-2-1-3-10(13)9-16-15/h1-9,17H,15H2. The maximum absolute atomic E-state index is 5.83. The van der Waals surface area contributed by atoms with Crippen LogP contribution in [-0.2, 0) is 0 Å². The molecule has 0 aliphatic heterocycles. The second-order valence-corrected chi connectivity index (χ2v) is 3.93. The normalized spacial score (nSPS) is 10.6. The van der Waals surface area contributed by atoms with Gasteiger partial charge in [-0.2, -0.15) is 5.10 Å². The van der Waals surface area contributed by atoms with Crippen molar-refractivity contribution in [3.63, 3.8) is 0 Å². The van der Waals surface area contributed by atoms with Crippen molar-refractivity contribution in [3.05, 3.63) is 59.1 Å². The summed E-state index contributed by atoms with van der Waals surface area (Å²) in [6.45, 7) is 0. The number of rotatable bonds is 3. The van der Waals surface area contributed by atoms with Crippen LogP contribution in [0.2, 0.25) is 5.02 Å². The van der Waals surface area contributed by atoms with Crippen molar-refractivity contribution in [2.24, 2.45) is 10.9 Å². The van der Waals surface area contributed by atoms with Gasteiger partial charge < -0.3 is 11.2 Å². The van der Waals surface area contributed by atoms with Crippen molar-refractivity contribution in [1.82, 2.24) is 0 Å². The minimum Gasteiger partial charge on any atom is -0.355 e. The van der Waals surface area contributed by atoms with Crippen LogP contribution in [0.4, 0.5) is 11.4 Å². The van der Waals surface area contributed by atoms with Gasteiger partial charge in [0.25, 0.3) is 0 Å². The molecule has 17 heavy (non-hydrogen) atoms. The van der Waals surface area contributed by atoms with E-state index in [1.807, 2.05) is 48.5 Å². The van der Waals surface area contributed by atoms with Crippen LogP contribution < -0.4 is 11.2 Å². The molecule has 86 valence electrons. The van der Waals surface area contributed by atoms with E-state index >= 15 is 0 Å². The average Bonchev–Trinajstić information content (AvgIpc) is 2.35. The molecule has 0 bridgehead atoms. The predicted molar refractivity (Wildman–Crippen MR) is 73.0 cm³/mol. The van der Waals surface area contributed by atoms with Gasteiger partial charge in [-0.1, -0.05) is 29.8 Å². The lowest BCUT2D eigenvalue weighted by atomic mass is 10.2. The quantitative estimate of drug-likeness (QED) is 0.495. The molecule has 2 aromatic rings. The Bertz CT molecular complexity index is 520. The number of hydrazone groups is 1. The molecule has 0 amide bonds. The molecule has 0 saturated carbocycles. The maximum Gasteiger partial charge on any atom is 0.0558 e. The third-order valence-electron chi connectivity index (χ3n) is 2.30. The summed E-state index contributed by atoms with van der Waals surface area (Å²) >= 11 is 5.83. The number of nitrogens with two attached hydrogens (primary N) is 1. The zero-order valence-electron chi connectivity index (χ0n) is 9.10. The van der Waals surface area contributed by atoms with Crippen molar-refractivity contribution in [2.45, 2.75) is 0 Å². The van der Waals surface area contributed by atoms with Gasteiger partial charge in [-0.05, 0) is 30.3 Å². The highest BCUT2D eigenvalue weighted by atomic mass is 35.5. The Morgan fingerprint density at radius 1 is 1.06 bits per heavy atom. The van der Waals surface area contributed by atoms with Gasteiger partial charge in [-0.15, -0.1) is 0 Å². The molecule has 0 aromatic heterocycles. The number of benzene rings is 2. The molecule has 0 spiro atoms. The lowest BCUT2D eigenvalue weighted by Crippen LogP contribution is -1.96. The molecule has 0 heterocycles. The molecule has 0 unspecified atom stereocenters.